The number of nitrogens with two attached hydrogens (primary N) is 1. The van der Waals surface area contributed by atoms with Gasteiger partial charge in [0.25, 0.3) is 0 Å². The van der Waals surface area contributed by atoms with Crippen molar-refractivity contribution in [1.29, 1.82) is 0 Å². The van der Waals surface area contributed by atoms with Crippen LogP contribution in [0.3, 0.4) is 0 Å². The van der Waals surface area contributed by atoms with Gasteiger partial charge in [-0.1, -0.05) is 61.9 Å². The summed E-state index contributed by atoms with van der Waals surface area (Å²) >= 11 is 5.35. The van der Waals surface area contributed by atoms with Crippen molar-refractivity contribution in [3.63, 3.8) is 0 Å². The van der Waals surface area contributed by atoms with E-state index in [1.54, 1.807) is 50.2 Å². The Kier molecular flexibility index (Phi) is 6.13. The Balaban J connectivity index is 1.73. The van der Waals surface area contributed by atoms with Crippen LogP contribution in [-0.2, 0) is 15.3 Å². The third-order valence-corrected chi connectivity index (χ3v) is 5.80. The number of hydrogen-bond donors (Lipinski definition) is 1. The maximum Gasteiger partial charge on any atom is 0.426 e. The summed E-state index contributed by atoms with van der Waals surface area (Å²) in [4.78, 5) is 12.7. The highest BCUT2D eigenvalue weighted by Gasteiger charge is 2.62. The van der Waals surface area contributed by atoms with E-state index in [2.05, 4.69) is 0 Å². The van der Waals surface area contributed by atoms with Crippen molar-refractivity contribution in [1.82, 2.24) is 0 Å². The number of para-hydroxylation sites is 1. The molecule has 3 unspecified atom stereocenters. The molecule has 1 saturated carbocycles. The molecule has 2 aromatic rings. The molecule has 8 heteroatoms. The Bertz CT molecular complexity index is 987. The van der Waals surface area contributed by atoms with Crippen molar-refractivity contribution in [3.8, 4) is 11.5 Å². The van der Waals surface area contributed by atoms with Crippen LogP contribution in [0.2, 0.25) is 0 Å². The van der Waals surface area contributed by atoms with Crippen LogP contribution in [0.4, 0.5) is 13.2 Å². The van der Waals surface area contributed by atoms with E-state index in [1.807, 2.05) is 18.2 Å². The average Bonchev–Trinajstić information content (AvgIpc) is 3.22. The van der Waals surface area contributed by atoms with Gasteiger partial charge in [-0.25, -0.2) is 0 Å². The second-order valence-corrected chi connectivity index (χ2v) is 8.72. The molecule has 0 spiro atoms. The topological polar surface area (TPSA) is 61.5 Å². The van der Waals surface area contributed by atoms with E-state index in [9.17, 15) is 18.0 Å². The van der Waals surface area contributed by atoms with Crippen LogP contribution in [0.1, 0.15) is 26.3 Å². The molecule has 0 aliphatic heterocycles. The van der Waals surface area contributed by atoms with Gasteiger partial charge in [0.2, 0.25) is 0 Å². The summed E-state index contributed by atoms with van der Waals surface area (Å²) in [6, 6.07) is 15.9. The number of carbonyl (C=O) groups excluding carboxylic acids is 1. The predicted molar refractivity (Wildman–Crippen MR) is 111 cm³/mol. The molecule has 0 heterocycles. The predicted octanol–water partition coefficient (Wildman–Crippen LogP) is 6.11. The highest BCUT2D eigenvalue weighted by Crippen LogP contribution is 2.60. The van der Waals surface area contributed by atoms with Crippen molar-refractivity contribution >= 4 is 17.6 Å². The molecule has 1 fully saturated rings. The fraction of sp³-hybridized carbons (Fsp3) is 0.348. The number of alkyl halides is 3. The van der Waals surface area contributed by atoms with Crippen LogP contribution < -0.4 is 10.5 Å². The molecule has 0 radical (unpaired) electrons. The van der Waals surface area contributed by atoms with Crippen LogP contribution in [0, 0.1) is 17.3 Å². The second-order valence-electron chi connectivity index (χ2n) is 8.31. The van der Waals surface area contributed by atoms with Gasteiger partial charge in [-0.05, 0) is 42.5 Å². The summed E-state index contributed by atoms with van der Waals surface area (Å²) in [6.45, 7) is 4.88. The Morgan fingerprint density at radius 2 is 1.71 bits per heavy atom. The molecule has 3 rings (SSSR count). The average molecular weight is 454 g/mol. The number of halogens is 4. The van der Waals surface area contributed by atoms with Crippen molar-refractivity contribution < 1.29 is 27.4 Å². The van der Waals surface area contributed by atoms with Crippen LogP contribution in [-0.4, -0.2) is 12.1 Å². The smallest absolute Gasteiger partial charge is 0.426 e. The monoisotopic (exact) mass is 453 g/mol. The molecular weight excluding hydrogens is 431 g/mol. The number of rotatable bonds is 6. The summed E-state index contributed by atoms with van der Waals surface area (Å²) in [6.07, 6.45) is -3.79. The Hall–Kier alpha value is -2.51. The van der Waals surface area contributed by atoms with Gasteiger partial charge in [0.15, 0.2) is 5.72 Å². The fourth-order valence-corrected chi connectivity index (χ4v) is 3.65. The lowest BCUT2D eigenvalue weighted by atomic mass is 10.0. The molecule has 1 aliphatic rings. The largest absolute Gasteiger partial charge is 0.457 e. The molecule has 3 atom stereocenters. The van der Waals surface area contributed by atoms with Crippen molar-refractivity contribution in [2.75, 3.05) is 0 Å². The Morgan fingerprint density at radius 3 is 2.32 bits per heavy atom. The third-order valence-electron chi connectivity index (χ3n) is 5.46. The van der Waals surface area contributed by atoms with Crippen LogP contribution >= 0.6 is 11.6 Å². The van der Waals surface area contributed by atoms with Gasteiger partial charge >= 0.3 is 12.1 Å². The second kappa shape index (κ2) is 8.20. The third kappa shape index (κ3) is 5.22. The zero-order valence-electron chi connectivity index (χ0n) is 17.2. The minimum Gasteiger partial charge on any atom is -0.457 e. The number of carbonyl (C=O) groups is 1. The molecule has 1 aliphatic carbocycles. The number of benzene rings is 2. The van der Waals surface area contributed by atoms with E-state index >= 15 is 0 Å². The van der Waals surface area contributed by atoms with Crippen molar-refractivity contribution in [2.24, 2.45) is 23.0 Å². The lowest BCUT2D eigenvalue weighted by Gasteiger charge is -2.26. The van der Waals surface area contributed by atoms with Gasteiger partial charge in [-0.3, -0.25) is 10.5 Å². The fourth-order valence-electron chi connectivity index (χ4n) is 3.52. The molecule has 4 nitrogen and oxygen atoms in total. The Labute approximate surface area is 183 Å². The molecule has 166 valence electrons. The standard InChI is InChI=1S/C23H23ClF3NO3/c1-21(2)17(13-18(24)23(25,26)27)19(21)20(29)31-22(3,28)14-8-7-11-16(12-14)30-15-9-5-4-6-10-15/h4-13,17,19H,28H2,1-3H3/b18-13-. The zero-order chi connectivity index (χ0) is 23.0. The lowest BCUT2D eigenvalue weighted by Crippen LogP contribution is -2.39. The summed E-state index contributed by atoms with van der Waals surface area (Å²) in [5.74, 6) is -1.03. The summed E-state index contributed by atoms with van der Waals surface area (Å²) in [7, 11) is 0. The van der Waals surface area contributed by atoms with E-state index in [1.165, 1.54) is 6.92 Å². The van der Waals surface area contributed by atoms with E-state index < -0.39 is 40.2 Å². The van der Waals surface area contributed by atoms with Crippen molar-refractivity contribution in [3.05, 3.63) is 71.3 Å². The molecule has 2 N–H and O–H groups in total. The van der Waals surface area contributed by atoms with Gasteiger partial charge in [-0.15, -0.1) is 0 Å². The molecule has 0 bridgehead atoms. The summed E-state index contributed by atoms with van der Waals surface area (Å²) in [5.41, 5.74) is 4.50. The van der Waals surface area contributed by atoms with Crippen LogP contribution in [0.5, 0.6) is 11.5 Å². The van der Waals surface area contributed by atoms with E-state index in [-0.39, 0.29) is 0 Å². The van der Waals surface area contributed by atoms with Gasteiger partial charge in [0.05, 0.1) is 5.92 Å². The molecular formula is C23H23ClF3NO3. The SMILES string of the molecule is CC(N)(OC(=O)C1C(/C=C(\Cl)C(F)(F)F)C1(C)C)c1cccc(Oc2ccccc2)c1. The quantitative estimate of drug-likeness (QED) is 0.423. The first kappa shape index (κ1) is 23.2. The molecule has 0 aromatic heterocycles. The number of esters is 1. The highest BCUT2D eigenvalue weighted by atomic mass is 35.5. The minimum atomic E-state index is -4.66. The zero-order valence-corrected chi connectivity index (χ0v) is 18.0. The highest BCUT2D eigenvalue weighted by molar-refractivity contribution is 6.30. The van der Waals surface area contributed by atoms with Gasteiger partial charge in [0, 0.05) is 5.56 Å². The summed E-state index contributed by atoms with van der Waals surface area (Å²) in [5, 5.41) is -1.25. The first-order chi connectivity index (χ1) is 14.3. The molecule has 0 saturated heterocycles. The van der Waals surface area contributed by atoms with E-state index in [0.29, 0.717) is 17.1 Å². The molecule has 0 amide bonds. The first-order valence-electron chi connectivity index (χ1n) is 9.62. The first-order valence-corrected chi connectivity index (χ1v) is 10.00. The van der Waals surface area contributed by atoms with Crippen molar-refractivity contribution in [2.45, 2.75) is 32.7 Å². The van der Waals surface area contributed by atoms with Gasteiger partial charge < -0.3 is 9.47 Å². The number of ether oxygens (including phenoxy) is 2. The lowest BCUT2D eigenvalue weighted by molar-refractivity contribution is -0.161. The number of hydrogen-bond acceptors (Lipinski definition) is 4. The normalized spacial score (nSPS) is 22.4. The van der Waals surface area contributed by atoms with Crippen LogP contribution in [0.25, 0.3) is 0 Å². The molecule has 31 heavy (non-hydrogen) atoms. The van der Waals surface area contributed by atoms with E-state index in [0.717, 1.165) is 6.08 Å². The van der Waals surface area contributed by atoms with Crippen LogP contribution in [0.15, 0.2) is 65.7 Å². The van der Waals surface area contributed by atoms with E-state index in [4.69, 9.17) is 26.8 Å². The number of allylic oxidation sites excluding steroid dienone is 2. The molecule has 2 aromatic carbocycles. The van der Waals surface area contributed by atoms with Gasteiger partial charge in [0.1, 0.15) is 16.5 Å². The summed E-state index contributed by atoms with van der Waals surface area (Å²) < 4.78 is 49.6. The minimum absolute atomic E-state index is 0.480. The van der Waals surface area contributed by atoms with Gasteiger partial charge in [-0.2, -0.15) is 13.2 Å². The maximum atomic E-state index is 12.8. The maximum absolute atomic E-state index is 12.8. The Morgan fingerprint density at radius 1 is 1.10 bits per heavy atom.